The molecular weight excluding hydrogens is 289 g/mol. The highest BCUT2D eigenvalue weighted by Crippen LogP contribution is 2.24. The van der Waals surface area contributed by atoms with Gasteiger partial charge < -0.3 is 9.72 Å². The molecule has 0 saturated carbocycles. The van der Waals surface area contributed by atoms with Gasteiger partial charge in [0.25, 0.3) is 0 Å². The van der Waals surface area contributed by atoms with Crippen molar-refractivity contribution < 1.29 is 14.3 Å². The van der Waals surface area contributed by atoms with E-state index < -0.39 is 5.97 Å². The number of halogens is 2. The van der Waals surface area contributed by atoms with Crippen molar-refractivity contribution in [3.63, 3.8) is 0 Å². The quantitative estimate of drug-likeness (QED) is 0.695. The molecule has 98 valence electrons. The Hall–Kier alpha value is -1.78. The molecule has 1 aromatic heterocycles. The molecule has 0 bridgehead atoms. The Bertz CT molecular complexity index is 588. The zero-order chi connectivity index (χ0) is 13.8. The monoisotopic (exact) mass is 297 g/mol. The number of hydrogen-bond acceptors (Lipinski definition) is 3. The molecule has 1 N–H and O–H groups in total. The van der Waals surface area contributed by atoms with E-state index in [9.17, 15) is 9.59 Å². The maximum absolute atomic E-state index is 11.8. The molecule has 0 fully saturated rings. The Morgan fingerprint density at radius 2 is 1.79 bits per heavy atom. The summed E-state index contributed by atoms with van der Waals surface area (Å²) in [5.41, 5.74) is 0.433. The highest BCUT2D eigenvalue weighted by Gasteiger charge is 2.17. The smallest absolute Gasteiger partial charge is 0.341 e. The minimum atomic E-state index is -0.726. The first-order chi connectivity index (χ1) is 9.09. The summed E-state index contributed by atoms with van der Waals surface area (Å²) in [7, 11) is 0. The van der Waals surface area contributed by atoms with E-state index in [4.69, 9.17) is 27.9 Å². The number of esters is 1. The third-order valence-corrected chi connectivity index (χ3v) is 3.03. The van der Waals surface area contributed by atoms with Gasteiger partial charge >= 0.3 is 5.97 Å². The van der Waals surface area contributed by atoms with Crippen molar-refractivity contribution in [2.45, 2.75) is 0 Å². The number of aromatic nitrogens is 1. The number of H-pyrrole nitrogens is 1. The zero-order valence-electron chi connectivity index (χ0n) is 9.65. The Balaban J connectivity index is 2.04. The van der Waals surface area contributed by atoms with E-state index in [1.807, 2.05) is 0 Å². The Kier molecular flexibility index (Phi) is 4.24. The van der Waals surface area contributed by atoms with Crippen LogP contribution in [0.25, 0.3) is 0 Å². The number of nitrogens with one attached hydrogen (secondary N) is 1. The molecule has 6 heteroatoms. The number of ketones is 1. The number of hydrogen-bond donors (Lipinski definition) is 1. The molecular formula is C13H9Cl2NO3. The van der Waals surface area contributed by atoms with E-state index in [0.717, 1.165) is 0 Å². The van der Waals surface area contributed by atoms with Crippen LogP contribution in [0.1, 0.15) is 20.8 Å². The van der Waals surface area contributed by atoms with E-state index in [2.05, 4.69) is 4.98 Å². The molecule has 2 rings (SSSR count). The van der Waals surface area contributed by atoms with Crippen LogP contribution in [0.5, 0.6) is 0 Å². The van der Waals surface area contributed by atoms with Crippen molar-refractivity contribution in [3.8, 4) is 0 Å². The summed E-state index contributed by atoms with van der Waals surface area (Å²) in [5, 5.41) is 0.370. The van der Waals surface area contributed by atoms with Crippen LogP contribution in [0.15, 0.2) is 36.5 Å². The van der Waals surface area contributed by atoms with E-state index in [1.54, 1.807) is 24.4 Å². The van der Waals surface area contributed by atoms with E-state index >= 15 is 0 Å². The fourth-order valence-electron chi connectivity index (χ4n) is 1.48. The van der Waals surface area contributed by atoms with Gasteiger partial charge in [-0.1, -0.05) is 29.3 Å². The lowest BCUT2D eigenvalue weighted by atomic mass is 10.2. The predicted octanol–water partition coefficient (Wildman–Crippen LogP) is 3.36. The second-order valence-electron chi connectivity index (χ2n) is 3.68. The zero-order valence-corrected chi connectivity index (χ0v) is 11.2. The standard InChI is InChI=1S/C13H9Cl2NO3/c14-8-3-1-4-9(15)12(8)13(18)19-7-11(17)10-5-2-6-16-10/h1-6,16H,7H2. The lowest BCUT2D eigenvalue weighted by Gasteiger charge is -2.06. The van der Waals surface area contributed by atoms with Gasteiger partial charge in [0.05, 0.1) is 21.3 Å². The van der Waals surface area contributed by atoms with Crippen molar-refractivity contribution >= 4 is 35.0 Å². The summed E-state index contributed by atoms with van der Waals surface area (Å²) >= 11 is 11.7. The summed E-state index contributed by atoms with van der Waals surface area (Å²) in [5.74, 6) is -1.06. The number of benzene rings is 1. The largest absolute Gasteiger partial charge is 0.454 e. The molecule has 19 heavy (non-hydrogen) atoms. The van der Waals surface area contributed by atoms with Crippen molar-refractivity contribution in [1.29, 1.82) is 0 Å². The highest BCUT2D eigenvalue weighted by molar-refractivity contribution is 6.39. The first-order valence-corrected chi connectivity index (χ1v) is 6.13. The number of carbonyl (C=O) groups excluding carboxylic acids is 2. The van der Waals surface area contributed by atoms with Gasteiger partial charge in [0, 0.05) is 6.20 Å². The van der Waals surface area contributed by atoms with Crippen LogP contribution in [-0.4, -0.2) is 23.3 Å². The summed E-state index contributed by atoms with van der Waals surface area (Å²) in [6.45, 7) is -0.374. The van der Waals surface area contributed by atoms with E-state index in [1.165, 1.54) is 12.1 Å². The second-order valence-corrected chi connectivity index (χ2v) is 4.49. The molecule has 0 radical (unpaired) electrons. The maximum atomic E-state index is 11.8. The van der Waals surface area contributed by atoms with Gasteiger partial charge in [-0.15, -0.1) is 0 Å². The van der Waals surface area contributed by atoms with Gasteiger partial charge in [-0.3, -0.25) is 4.79 Å². The fourth-order valence-corrected chi connectivity index (χ4v) is 2.03. The number of Topliss-reactive ketones (excluding diaryl/α,β-unsaturated/α-hetero) is 1. The maximum Gasteiger partial charge on any atom is 0.341 e. The third-order valence-electron chi connectivity index (χ3n) is 2.40. The van der Waals surface area contributed by atoms with Crippen LogP contribution < -0.4 is 0 Å². The average Bonchev–Trinajstić information content (AvgIpc) is 2.89. The van der Waals surface area contributed by atoms with Crippen molar-refractivity contribution in [2.24, 2.45) is 0 Å². The molecule has 1 aromatic carbocycles. The van der Waals surface area contributed by atoms with Gasteiger partial charge in [-0.2, -0.15) is 0 Å². The van der Waals surface area contributed by atoms with E-state index in [-0.39, 0.29) is 28.0 Å². The molecule has 2 aromatic rings. The third kappa shape index (κ3) is 3.16. The molecule has 0 atom stereocenters. The van der Waals surface area contributed by atoms with Gasteiger partial charge in [-0.25, -0.2) is 4.79 Å². The number of carbonyl (C=O) groups is 2. The number of ether oxygens (including phenoxy) is 1. The lowest BCUT2D eigenvalue weighted by molar-refractivity contribution is 0.0474. The van der Waals surface area contributed by atoms with Crippen molar-refractivity contribution in [3.05, 3.63) is 57.8 Å². The molecule has 0 amide bonds. The normalized spacial score (nSPS) is 10.2. The molecule has 0 aliphatic carbocycles. The van der Waals surface area contributed by atoms with Crippen molar-refractivity contribution in [1.82, 2.24) is 4.98 Å². The van der Waals surface area contributed by atoms with Crippen LogP contribution in [0, 0.1) is 0 Å². The summed E-state index contributed by atoms with van der Waals surface area (Å²) in [6.07, 6.45) is 1.61. The van der Waals surface area contributed by atoms with Gasteiger partial charge in [0.15, 0.2) is 6.61 Å². The Morgan fingerprint density at radius 1 is 1.11 bits per heavy atom. The minimum Gasteiger partial charge on any atom is -0.454 e. The molecule has 0 unspecified atom stereocenters. The first-order valence-electron chi connectivity index (χ1n) is 5.37. The lowest BCUT2D eigenvalue weighted by Crippen LogP contribution is -2.15. The molecule has 4 nitrogen and oxygen atoms in total. The number of rotatable bonds is 4. The average molecular weight is 298 g/mol. The molecule has 0 spiro atoms. The van der Waals surface area contributed by atoms with Crippen LogP contribution in [-0.2, 0) is 4.74 Å². The van der Waals surface area contributed by atoms with Crippen molar-refractivity contribution in [2.75, 3.05) is 6.61 Å². The number of aromatic amines is 1. The highest BCUT2D eigenvalue weighted by atomic mass is 35.5. The summed E-state index contributed by atoms with van der Waals surface area (Å²) in [4.78, 5) is 26.2. The second kappa shape index (κ2) is 5.91. The predicted molar refractivity (Wildman–Crippen MR) is 71.9 cm³/mol. The van der Waals surface area contributed by atoms with Gasteiger partial charge in [0.2, 0.25) is 5.78 Å². The molecule has 1 heterocycles. The minimum absolute atomic E-state index is 0.0603. The Morgan fingerprint density at radius 3 is 2.37 bits per heavy atom. The Labute approximate surface area is 119 Å². The SMILES string of the molecule is O=C(COC(=O)c1c(Cl)cccc1Cl)c1ccc[nH]1. The van der Waals surface area contributed by atoms with Crippen LogP contribution in [0.2, 0.25) is 10.0 Å². The van der Waals surface area contributed by atoms with Crippen LogP contribution in [0.3, 0.4) is 0 Å². The fraction of sp³-hybridized carbons (Fsp3) is 0.0769. The van der Waals surface area contributed by atoms with E-state index in [0.29, 0.717) is 5.69 Å². The van der Waals surface area contributed by atoms with Gasteiger partial charge in [0.1, 0.15) is 0 Å². The molecule has 0 aliphatic rings. The van der Waals surface area contributed by atoms with Crippen LogP contribution in [0.4, 0.5) is 0 Å². The topological polar surface area (TPSA) is 59.2 Å². The molecule has 0 saturated heterocycles. The summed E-state index contributed by atoms with van der Waals surface area (Å²) < 4.78 is 4.90. The van der Waals surface area contributed by atoms with Gasteiger partial charge in [-0.05, 0) is 24.3 Å². The summed E-state index contributed by atoms with van der Waals surface area (Å²) in [6, 6.07) is 7.94. The molecule has 0 aliphatic heterocycles. The first kappa shape index (κ1) is 13.6. The van der Waals surface area contributed by atoms with Crippen LogP contribution >= 0.6 is 23.2 Å².